The SMILES string of the molecule is Cc1ccccc1OCCCCN1C(=O)COc2ccc(NC(=O)c3ccccc3F)cc21. The predicted molar refractivity (Wildman–Crippen MR) is 125 cm³/mol. The molecule has 0 unspecified atom stereocenters. The van der Waals surface area contributed by atoms with Gasteiger partial charge in [-0.1, -0.05) is 30.3 Å². The topological polar surface area (TPSA) is 67.9 Å². The van der Waals surface area contributed by atoms with Crippen LogP contribution in [0.15, 0.2) is 66.7 Å². The fourth-order valence-corrected chi connectivity index (χ4v) is 3.64. The number of aryl methyl sites for hydroxylation is 1. The van der Waals surface area contributed by atoms with E-state index in [0.717, 1.165) is 24.2 Å². The van der Waals surface area contributed by atoms with Crippen LogP contribution in [0.25, 0.3) is 0 Å². The van der Waals surface area contributed by atoms with Crippen molar-refractivity contribution < 1.29 is 23.5 Å². The molecule has 3 aromatic rings. The van der Waals surface area contributed by atoms with E-state index < -0.39 is 11.7 Å². The van der Waals surface area contributed by atoms with E-state index in [0.29, 0.717) is 30.3 Å². The minimum atomic E-state index is -0.596. The highest BCUT2D eigenvalue weighted by Gasteiger charge is 2.26. The maximum atomic E-state index is 13.9. The van der Waals surface area contributed by atoms with Crippen molar-refractivity contribution in [2.75, 3.05) is 30.0 Å². The van der Waals surface area contributed by atoms with E-state index >= 15 is 0 Å². The maximum absolute atomic E-state index is 13.9. The number of rotatable bonds is 8. The van der Waals surface area contributed by atoms with Crippen molar-refractivity contribution in [1.82, 2.24) is 0 Å². The van der Waals surface area contributed by atoms with Gasteiger partial charge in [0.15, 0.2) is 6.61 Å². The number of carbonyl (C=O) groups is 2. The second kappa shape index (κ2) is 10.2. The number of anilines is 2. The van der Waals surface area contributed by atoms with E-state index in [1.807, 2.05) is 31.2 Å². The molecule has 0 spiro atoms. The van der Waals surface area contributed by atoms with Crippen LogP contribution in [0.3, 0.4) is 0 Å². The third-order valence-corrected chi connectivity index (χ3v) is 5.41. The predicted octanol–water partition coefficient (Wildman–Crippen LogP) is 4.97. The molecule has 0 aromatic heterocycles. The van der Waals surface area contributed by atoms with Crippen molar-refractivity contribution in [3.8, 4) is 11.5 Å². The van der Waals surface area contributed by atoms with Crippen LogP contribution in [-0.2, 0) is 4.79 Å². The molecule has 6 nitrogen and oxygen atoms in total. The Kier molecular flexibility index (Phi) is 6.88. The number of benzene rings is 3. The summed E-state index contributed by atoms with van der Waals surface area (Å²) in [5.74, 6) is 0.118. The molecule has 0 fully saturated rings. The molecule has 7 heteroatoms. The fraction of sp³-hybridized carbons (Fsp3) is 0.231. The van der Waals surface area contributed by atoms with Gasteiger partial charge in [-0.05, 0) is 61.7 Å². The van der Waals surface area contributed by atoms with Crippen LogP contribution in [0.4, 0.5) is 15.8 Å². The van der Waals surface area contributed by atoms with Gasteiger partial charge in [0, 0.05) is 12.2 Å². The fourth-order valence-electron chi connectivity index (χ4n) is 3.64. The molecule has 0 aliphatic carbocycles. The summed E-state index contributed by atoms with van der Waals surface area (Å²) in [7, 11) is 0. The molecule has 1 aliphatic heterocycles. The normalized spacial score (nSPS) is 12.7. The Morgan fingerprint density at radius 3 is 2.70 bits per heavy atom. The molecule has 1 aliphatic rings. The van der Waals surface area contributed by atoms with Crippen molar-refractivity contribution >= 4 is 23.2 Å². The molecule has 2 amide bonds. The van der Waals surface area contributed by atoms with Crippen molar-refractivity contribution in [2.24, 2.45) is 0 Å². The Balaban J connectivity index is 1.39. The summed E-state index contributed by atoms with van der Waals surface area (Å²) in [6.45, 7) is 3.01. The van der Waals surface area contributed by atoms with Gasteiger partial charge in [0.05, 0.1) is 17.9 Å². The summed E-state index contributed by atoms with van der Waals surface area (Å²) < 4.78 is 25.3. The van der Waals surface area contributed by atoms with Crippen molar-refractivity contribution in [3.05, 3.63) is 83.7 Å². The molecule has 1 N–H and O–H groups in total. The molecule has 170 valence electrons. The lowest BCUT2D eigenvalue weighted by Crippen LogP contribution is -2.39. The zero-order valence-electron chi connectivity index (χ0n) is 18.3. The minimum Gasteiger partial charge on any atom is -0.493 e. The van der Waals surface area contributed by atoms with Crippen molar-refractivity contribution in [3.63, 3.8) is 0 Å². The molecule has 0 saturated carbocycles. The number of fused-ring (bicyclic) bond motifs is 1. The lowest BCUT2D eigenvalue weighted by molar-refractivity contribution is -0.121. The monoisotopic (exact) mass is 448 g/mol. The van der Waals surface area contributed by atoms with Gasteiger partial charge >= 0.3 is 0 Å². The smallest absolute Gasteiger partial charge is 0.265 e. The maximum Gasteiger partial charge on any atom is 0.265 e. The molecule has 4 rings (SSSR count). The lowest BCUT2D eigenvalue weighted by Gasteiger charge is -2.30. The number of ether oxygens (including phenoxy) is 2. The molecule has 0 radical (unpaired) electrons. The molecule has 0 saturated heterocycles. The highest BCUT2D eigenvalue weighted by Crippen LogP contribution is 2.35. The van der Waals surface area contributed by atoms with Gasteiger partial charge in [0.1, 0.15) is 17.3 Å². The zero-order chi connectivity index (χ0) is 23.2. The largest absolute Gasteiger partial charge is 0.493 e. The summed E-state index contributed by atoms with van der Waals surface area (Å²) in [6.07, 6.45) is 1.51. The molecule has 33 heavy (non-hydrogen) atoms. The van der Waals surface area contributed by atoms with E-state index in [4.69, 9.17) is 9.47 Å². The van der Waals surface area contributed by atoms with Crippen LogP contribution >= 0.6 is 0 Å². The van der Waals surface area contributed by atoms with E-state index in [1.54, 1.807) is 29.2 Å². The van der Waals surface area contributed by atoms with E-state index in [1.165, 1.54) is 18.2 Å². The summed E-state index contributed by atoms with van der Waals surface area (Å²) in [4.78, 5) is 26.6. The van der Waals surface area contributed by atoms with Gasteiger partial charge in [-0.15, -0.1) is 0 Å². The van der Waals surface area contributed by atoms with Gasteiger partial charge < -0.3 is 19.7 Å². The van der Waals surface area contributed by atoms with Gasteiger partial charge in [-0.3, -0.25) is 9.59 Å². The summed E-state index contributed by atoms with van der Waals surface area (Å²) in [5, 5.41) is 2.69. The van der Waals surface area contributed by atoms with Gasteiger partial charge in [-0.25, -0.2) is 4.39 Å². The first-order valence-electron chi connectivity index (χ1n) is 10.8. The first-order valence-corrected chi connectivity index (χ1v) is 10.8. The van der Waals surface area contributed by atoms with E-state index in [9.17, 15) is 14.0 Å². The Bertz CT molecular complexity index is 1160. The third kappa shape index (κ3) is 5.31. The van der Waals surface area contributed by atoms with Crippen LogP contribution in [0, 0.1) is 12.7 Å². The number of amides is 2. The quantitative estimate of drug-likeness (QED) is 0.494. The highest BCUT2D eigenvalue weighted by atomic mass is 19.1. The van der Waals surface area contributed by atoms with Crippen LogP contribution < -0.4 is 19.7 Å². The molecule has 0 bridgehead atoms. The van der Waals surface area contributed by atoms with Crippen molar-refractivity contribution in [2.45, 2.75) is 19.8 Å². The number of nitrogens with one attached hydrogen (secondary N) is 1. The van der Waals surface area contributed by atoms with Gasteiger partial charge in [0.25, 0.3) is 11.8 Å². The second-order valence-electron chi connectivity index (χ2n) is 7.77. The Morgan fingerprint density at radius 1 is 1.09 bits per heavy atom. The average Bonchev–Trinajstić information content (AvgIpc) is 2.81. The Hall–Kier alpha value is -3.87. The Labute approximate surface area is 191 Å². The number of hydrogen-bond acceptors (Lipinski definition) is 4. The standard InChI is InChI=1S/C26H25FN2O4/c1-18-8-2-5-11-23(18)32-15-7-6-14-29-22-16-19(12-13-24(22)33-17-25(29)30)28-26(31)20-9-3-4-10-21(20)27/h2-5,8-13,16H,6-7,14-15,17H2,1H3,(H,28,31). The lowest BCUT2D eigenvalue weighted by atomic mass is 10.1. The zero-order valence-corrected chi connectivity index (χ0v) is 18.3. The molecule has 1 heterocycles. The van der Waals surface area contributed by atoms with Crippen LogP contribution in [-0.4, -0.2) is 31.6 Å². The van der Waals surface area contributed by atoms with Crippen LogP contribution in [0.1, 0.15) is 28.8 Å². The summed E-state index contributed by atoms with van der Waals surface area (Å²) >= 11 is 0. The summed E-state index contributed by atoms with van der Waals surface area (Å²) in [5.41, 5.74) is 2.07. The second-order valence-corrected chi connectivity index (χ2v) is 7.77. The first-order chi connectivity index (χ1) is 16.0. The molecule has 3 aromatic carbocycles. The van der Waals surface area contributed by atoms with Crippen molar-refractivity contribution in [1.29, 1.82) is 0 Å². The van der Waals surface area contributed by atoms with Gasteiger partial charge in [0.2, 0.25) is 0 Å². The third-order valence-electron chi connectivity index (χ3n) is 5.41. The molecular formula is C26H25FN2O4. The number of hydrogen-bond donors (Lipinski definition) is 1. The first kappa shape index (κ1) is 22.3. The highest BCUT2D eigenvalue weighted by molar-refractivity contribution is 6.05. The number of para-hydroxylation sites is 1. The molecular weight excluding hydrogens is 423 g/mol. The van der Waals surface area contributed by atoms with E-state index in [2.05, 4.69) is 5.32 Å². The average molecular weight is 448 g/mol. The number of carbonyl (C=O) groups excluding carboxylic acids is 2. The summed E-state index contributed by atoms with van der Waals surface area (Å²) in [6, 6.07) is 18.7. The van der Waals surface area contributed by atoms with Crippen LogP contribution in [0.2, 0.25) is 0 Å². The van der Waals surface area contributed by atoms with Gasteiger partial charge in [-0.2, -0.15) is 0 Å². The minimum absolute atomic E-state index is 0.0341. The molecule has 0 atom stereocenters. The van der Waals surface area contributed by atoms with E-state index in [-0.39, 0.29) is 18.1 Å². The van der Waals surface area contributed by atoms with Crippen LogP contribution in [0.5, 0.6) is 11.5 Å². The Morgan fingerprint density at radius 2 is 1.88 bits per heavy atom. The number of halogens is 1. The number of unbranched alkanes of at least 4 members (excludes halogenated alkanes) is 1. The number of nitrogens with zero attached hydrogens (tertiary/aromatic N) is 1.